The van der Waals surface area contributed by atoms with Gasteiger partial charge in [0.1, 0.15) is 5.75 Å². The van der Waals surface area contributed by atoms with E-state index in [0.29, 0.717) is 6.04 Å². The standard InChI is InChI=1S/C18H21NO/c1-20-16-10-11-17-15(12-16)8-5-9-18(17)19-13-14-6-3-2-4-7-14/h2-4,6-7,10-12,18-19H,5,8-9,13H2,1H3/t18-/m1/s1. The number of fused-ring (bicyclic) bond motifs is 1. The van der Waals surface area contributed by atoms with E-state index in [1.807, 2.05) is 0 Å². The molecule has 2 aromatic carbocycles. The van der Waals surface area contributed by atoms with Crippen molar-refractivity contribution in [1.82, 2.24) is 5.32 Å². The van der Waals surface area contributed by atoms with Crippen LogP contribution < -0.4 is 10.1 Å². The Hall–Kier alpha value is -1.80. The monoisotopic (exact) mass is 267 g/mol. The second-order valence-corrected chi connectivity index (χ2v) is 5.38. The van der Waals surface area contributed by atoms with Crippen molar-refractivity contribution in [2.24, 2.45) is 0 Å². The van der Waals surface area contributed by atoms with Crippen LogP contribution in [0.5, 0.6) is 5.75 Å². The fourth-order valence-corrected chi connectivity index (χ4v) is 2.97. The van der Waals surface area contributed by atoms with Gasteiger partial charge in [0.25, 0.3) is 0 Å². The lowest BCUT2D eigenvalue weighted by Crippen LogP contribution is -2.24. The molecule has 0 bridgehead atoms. The second-order valence-electron chi connectivity index (χ2n) is 5.38. The van der Waals surface area contributed by atoms with E-state index in [2.05, 4.69) is 53.8 Å². The van der Waals surface area contributed by atoms with Gasteiger partial charge in [-0.1, -0.05) is 36.4 Å². The molecule has 1 atom stereocenters. The molecule has 0 radical (unpaired) electrons. The summed E-state index contributed by atoms with van der Waals surface area (Å²) in [7, 11) is 1.73. The van der Waals surface area contributed by atoms with Crippen molar-refractivity contribution in [3.8, 4) is 5.75 Å². The van der Waals surface area contributed by atoms with Crippen LogP contribution in [0.4, 0.5) is 0 Å². The Kier molecular flexibility index (Phi) is 4.03. The predicted molar refractivity (Wildman–Crippen MR) is 82.0 cm³/mol. The third-order valence-electron chi connectivity index (χ3n) is 4.06. The Morgan fingerprint density at radius 1 is 1.15 bits per heavy atom. The van der Waals surface area contributed by atoms with E-state index in [9.17, 15) is 0 Å². The van der Waals surface area contributed by atoms with Gasteiger partial charge in [0, 0.05) is 12.6 Å². The van der Waals surface area contributed by atoms with Crippen LogP contribution in [0, 0.1) is 0 Å². The number of ether oxygens (including phenoxy) is 1. The minimum absolute atomic E-state index is 0.463. The van der Waals surface area contributed by atoms with Crippen molar-refractivity contribution >= 4 is 0 Å². The van der Waals surface area contributed by atoms with Gasteiger partial charge in [0.05, 0.1) is 7.11 Å². The Bertz CT molecular complexity index is 565. The van der Waals surface area contributed by atoms with E-state index in [0.717, 1.165) is 18.7 Å². The van der Waals surface area contributed by atoms with Crippen molar-refractivity contribution in [1.29, 1.82) is 0 Å². The first-order valence-corrected chi connectivity index (χ1v) is 7.31. The van der Waals surface area contributed by atoms with E-state index >= 15 is 0 Å². The summed E-state index contributed by atoms with van der Waals surface area (Å²) < 4.78 is 5.32. The summed E-state index contributed by atoms with van der Waals surface area (Å²) >= 11 is 0. The summed E-state index contributed by atoms with van der Waals surface area (Å²) in [5.74, 6) is 0.965. The fraction of sp³-hybridized carbons (Fsp3) is 0.333. The molecule has 3 rings (SSSR count). The highest BCUT2D eigenvalue weighted by Crippen LogP contribution is 2.32. The van der Waals surface area contributed by atoms with E-state index in [4.69, 9.17) is 4.74 Å². The zero-order chi connectivity index (χ0) is 13.8. The molecule has 0 saturated heterocycles. The van der Waals surface area contributed by atoms with Crippen molar-refractivity contribution in [3.63, 3.8) is 0 Å². The third-order valence-corrected chi connectivity index (χ3v) is 4.06. The lowest BCUT2D eigenvalue weighted by Gasteiger charge is -2.27. The number of hydrogen-bond donors (Lipinski definition) is 1. The quantitative estimate of drug-likeness (QED) is 0.908. The molecule has 1 N–H and O–H groups in total. The van der Waals surface area contributed by atoms with Gasteiger partial charge in [-0.3, -0.25) is 0 Å². The Morgan fingerprint density at radius 2 is 2.00 bits per heavy atom. The first kappa shape index (κ1) is 13.2. The minimum Gasteiger partial charge on any atom is -0.497 e. The maximum atomic E-state index is 5.32. The van der Waals surface area contributed by atoms with E-state index in [1.54, 1.807) is 7.11 Å². The number of rotatable bonds is 4. The molecule has 0 heterocycles. The van der Waals surface area contributed by atoms with Gasteiger partial charge in [-0.25, -0.2) is 0 Å². The van der Waals surface area contributed by atoms with Crippen LogP contribution in [0.2, 0.25) is 0 Å². The number of benzene rings is 2. The highest BCUT2D eigenvalue weighted by atomic mass is 16.5. The normalized spacial score (nSPS) is 17.6. The van der Waals surface area contributed by atoms with Gasteiger partial charge in [-0.2, -0.15) is 0 Å². The summed E-state index contributed by atoms with van der Waals surface area (Å²) in [6.07, 6.45) is 3.62. The van der Waals surface area contributed by atoms with Crippen LogP contribution >= 0.6 is 0 Å². The molecule has 0 saturated carbocycles. The largest absolute Gasteiger partial charge is 0.497 e. The average molecular weight is 267 g/mol. The van der Waals surface area contributed by atoms with Crippen molar-refractivity contribution in [3.05, 3.63) is 65.2 Å². The topological polar surface area (TPSA) is 21.3 Å². The first-order valence-electron chi connectivity index (χ1n) is 7.31. The number of aryl methyl sites for hydroxylation is 1. The molecule has 2 aromatic rings. The highest BCUT2D eigenvalue weighted by molar-refractivity contribution is 5.39. The van der Waals surface area contributed by atoms with Crippen molar-refractivity contribution in [2.75, 3.05) is 7.11 Å². The first-order chi connectivity index (χ1) is 9.86. The molecule has 1 aliphatic rings. The Balaban J connectivity index is 1.73. The molecule has 0 aliphatic heterocycles. The van der Waals surface area contributed by atoms with E-state index < -0.39 is 0 Å². The smallest absolute Gasteiger partial charge is 0.119 e. The second kappa shape index (κ2) is 6.10. The lowest BCUT2D eigenvalue weighted by molar-refractivity contribution is 0.410. The van der Waals surface area contributed by atoms with Crippen LogP contribution in [0.1, 0.15) is 35.6 Å². The maximum Gasteiger partial charge on any atom is 0.119 e. The van der Waals surface area contributed by atoms with Crippen molar-refractivity contribution < 1.29 is 4.74 Å². The van der Waals surface area contributed by atoms with Crippen LogP contribution in [0.25, 0.3) is 0 Å². The summed E-state index contributed by atoms with van der Waals surface area (Å²) in [6, 6.07) is 17.5. The molecule has 20 heavy (non-hydrogen) atoms. The van der Waals surface area contributed by atoms with Gasteiger partial charge < -0.3 is 10.1 Å². The third kappa shape index (κ3) is 2.86. The predicted octanol–water partition coefficient (Wildman–Crippen LogP) is 3.86. The summed E-state index contributed by atoms with van der Waals surface area (Å²) in [5, 5.41) is 3.69. The van der Waals surface area contributed by atoms with E-state index in [1.165, 1.54) is 29.5 Å². The van der Waals surface area contributed by atoms with Gasteiger partial charge in [-0.05, 0) is 48.1 Å². The molecular weight excluding hydrogens is 246 g/mol. The SMILES string of the molecule is COc1ccc2c(c1)CCC[C@H]2NCc1ccccc1. The summed E-state index contributed by atoms with van der Waals surface area (Å²) in [6.45, 7) is 0.928. The molecule has 0 amide bonds. The zero-order valence-corrected chi connectivity index (χ0v) is 11.9. The molecule has 1 aliphatic carbocycles. The zero-order valence-electron chi connectivity index (χ0n) is 11.9. The average Bonchev–Trinajstić information content (AvgIpc) is 2.53. The Morgan fingerprint density at radius 3 is 2.80 bits per heavy atom. The summed E-state index contributed by atoms with van der Waals surface area (Å²) in [4.78, 5) is 0. The molecule has 0 fully saturated rings. The van der Waals surface area contributed by atoms with Gasteiger partial charge >= 0.3 is 0 Å². The molecule has 2 heteroatoms. The number of methoxy groups -OCH3 is 1. The number of nitrogens with one attached hydrogen (secondary N) is 1. The maximum absolute atomic E-state index is 5.32. The lowest BCUT2D eigenvalue weighted by atomic mass is 9.87. The summed E-state index contributed by atoms with van der Waals surface area (Å²) in [5.41, 5.74) is 4.21. The Labute approximate surface area is 120 Å². The van der Waals surface area contributed by atoms with Crippen LogP contribution in [0.3, 0.4) is 0 Å². The van der Waals surface area contributed by atoms with Gasteiger partial charge in [0.15, 0.2) is 0 Å². The number of hydrogen-bond acceptors (Lipinski definition) is 2. The molecular formula is C18H21NO. The molecule has 0 unspecified atom stereocenters. The van der Waals surface area contributed by atoms with Crippen LogP contribution in [-0.2, 0) is 13.0 Å². The highest BCUT2D eigenvalue weighted by Gasteiger charge is 2.19. The molecule has 104 valence electrons. The van der Waals surface area contributed by atoms with Crippen LogP contribution in [0.15, 0.2) is 48.5 Å². The van der Waals surface area contributed by atoms with Crippen LogP contribution in [-0.4, -0.2) is 7.11 Å². The molecule has 0 aromatic heterocycles. The van der Waals surface area contributed by atoms with Gasteiger partial charge in [-0.15, -0.1) is 0 Å². The molecule has 2 nitrogen and oxygen atoms in total. The van der Waals surface area contributed by atoms with Crippen molar-refractivity contribution in [2.45, 2.75) is 31.8 Å². The molecule has 0 spiro atoms. The minimum atomic E-state index is 0.463. The van der Waals surface area contributed by atoms with Gasteiger partial charge in [0.2, 0.25) is 0 Å². The fourth-order valence-electron chi connectivity index (χ4n) is 2.97. The van der Waals surface area contributed by atoms with E-state index in [-0.39, 0.29) is 0 Å².